The number of benzene rings is 2. The van der Waals surface area contributed by atoms with E-state index in [1.807, 2.05) is 24.3 Å². The van der Waals surface area contributed by atoms with Crippen LogP contribution in [0, 0.1) is 5.92 Å². The normalized spacial score (nSPS) is 15.5. The lowest BCUT2D eigenvalue weighted by Crippen LogP contribution is -2.34. The van der Waals surface area contributed by atoms with Crippen LogP contribution in [-0.4, -0.2) is 53.3 Å². The van der Waals surface area contributed by atoms with Gasteiger partial charge in [-0.3, -0.25) is 9.59 Å². The Labute approximate surface area is 182 Å². The molecule has 8 heteroatoms. The molecule has 0 spiro atoms. The first-order chi connectivity index (χ1) is 15.0. The van der Waals surface area contributed by atoms with Crippen LogP contribution in [0.25, 0.3) is 0 Å². The van der Waals surface area contributed by atoms with E-state index < -0.39 is 5.92 Å². The molecule has 0 aliphatic carbocycles. The van der Waals surface area contributed by atoms with Gasteiger partial charge in [0.05, 0.1) is 40.0 Å². The Kier molecular flexibility index (Phi) is 7.23. The number of nitrogens with one attached hydrogen (secondary N) is 1. The minimum absolute atomic E-state index is 0.126. The van der Waals surface area contributed by atoms with Gasteiger partial charge < -0.3 is 29.2 Å². The first kappa shape index (κ1) is 22.3. The van der Waals surface area contributed by atoms with Crippen molar-refractivity contribution in [1.82, 2.24) is 5.32 Å². The number of hydrogen-bond donors (Lipinski definition) is 1. The van der Waals surface area contributed by atoms with Gasteiger partial charge in [-0.1, -0.05) is 18.2 Å². The summed E-state index contributed by atoms with van der Waals surface area (Å²) in [4.78, 5) is 26.9. The highest BCUT2D eigenvalue weighted by atomic mass is 16.5. The molecule has 0 saturated carbocycles. The average molecular weight is 428 g/mol. The van der Waals surface area contributed by atoms with Crippen molar-refractivity contribution >= 4 is 17.5 Å². The summed E-state index contributed by atoms with van der Waals surface area (Å²) >= 11 is 0. The van der Waals surface area contributed by atoms with Gasteiger partial charge in [-0.05, 0) is 18.1 Å². The lowest BCUT2D eigenvalue weighted by molar-refractivity contribution is -0.126. The maximum absolute atomic E-state index is 12.7. The molecule has 2 amide bonds. The molecule has 0 bridgehead atoms. The molecule has 1 N–H and O–H groups in total. The van der Waals surface area contributed by atoms with E-state index in [0.29, 0.717) is 35.9 Å². The molecule has 0 radical (unpaired) electrons. The van der Waals surface area contributed by atoms with Crippen LogP contribution >= 0.6 is 0 Å². The third kappa shape index (κ3) is 4.84. The minimum Gasteiger partial charge on any atom is -0.496 e. The molecule has 1 aliphatic heterocycles. The number of anilines is 1. The summed E-state index contributed by atoms with van der Waals surface area (Å²) in [6.07, 6.45) is 0.796. The van der Waals surface area contributed by atoms with E-state index in [-0.39, 0.29) is 24.8 Å². The number of amides is 2. The summed E-state index contributed by atoms with van der Waals surface area (Å²) in [6, 6.07) is 11.1. The average Bonchev–Trinajstić information content (AvgIpc) is 3.19. The fourth-order valence-electron chi connectivity index (χ4n) is 3.73. The Morgan fingerprint density at radius 3 is 2.26 bits per heavy atom. The summed E-state index contributed by atoms with van der Waals surface area (Å²) in [7, 11) is 6.18. The molecule has 1 atom stereocenters. The molecule has 1 unspecified atom stereocenters. The number of rotatable bonds is 9. The Balaban J connectivity index is 1.65. The Bertz CT molecular complexity index is 920. The second kappa shape index (κ2) is 10.1. The third-order valence-corrected chi connectivity index (χ3v) is 5.34. The van der Waals surface area contributed by atoms with Crippen LogP contribution in [0.1, 0.15) is 12.0 Å². The van der Waals surface area contributed by atoms with E-state index in [9.17, 15) is 9.59 Å². The van der Waals surface area contributed by atoms with Crippen molar-refractivity contribution in [3.8, 4) is 23.0 Å². The van der Waals surface area contributed by atoms with E-state index in [1.54, 1.807) is 24.1 Å². The molecule has 2 aromatic carbocycles. The number of carbonyl (C=O) groups excluding carboxylic acids is 2. The van der Waals surface area contributed by atoms with Crippen LogP contribution in [0.5, 0.6) is 23.0 Å². The number of nitrogens with zero attached hydrogens (tertiary/aromatic N) is 1. The second-order valence-corrected chi connectivity index (χ2v) is 7.14. The van der Waals surface area contributed by atoms with E-state index in [0.717, 1.165) is 11.3 Å². The maximum Gasteiger partial charge on any atom is 0.227 e. The molecule has 3 rings (SSSR count). The maximum atomic E-state index is 12.7. The van der Waals surface area contributed by atoms with E-state index >= 15 is 0 Å². The lowest BCUT2D eigenvalue weighted by atomic mass is 10.1. The zero-order chi connectivity index (χ0) is 22.4. The van der Waals surface area contributed by atoms with Crippen LogP contribution in [0.3, 0.4) is 0 Å². The van der Waals surface area contributed by atoms with Gasteiger partial charge >= 0.3 is 0 Å². The largest absolute Gasteiger partial charge is 0.496 e. The van der Waals surface area contributed by atoms with Crippen molar-refractivity contribution in [1.29, 1.82) is 0 Å². The second-order valence-electron chi connectivity index (χ2n) is 7.14. The molecular weight excluding hydrogens is 400 g/mol. The zero-order valence-corrected chi connectivity index (χ0v) is 18.3. The van der Waals surface area contributed by atoms with Gasteiger partial charge in [-0.15, -0.1) is 0 Å². The Morgan fingerprint density at radius 2 is 1.65 bits per heavy atom. The van der Waals surface area contributed by atoms with E-state index in [1.165, 1.54) is 21.3 Å². The van der Waals surface area contributed by atoms with Gasteiger partial charge in [-0.25, -0.2) is 0 Å². The van der Waals surface area contributed by atoms with Gasteiger partial charge in [0.2, 0.25) is 17.6 Å². The molecule has 1 fully saturated rings. The van der Waals surface area contributed by atoms with Crippen LogP contribution in [0.15, 0.2) is 36.4 Å². The highest BCUT2D eigenvalue weighted by molar-refractivity contribution is 6.00. The summed E-state index contributed by atoms with van der Waals surface area (Å²) in [6.45, 7) is 0.756. The lowest BCUT2D eigenvalue weighted by Gasteiger charge is -2.20. The Hall–Kier alpha value is -3.42. The van der Waals surface area contributed by atoms with Crippen LogP contribution < -0.4 is 29.2 Å². The van der Waals surface area contributed by atoms with Crippen molar-refractivity contribution in [2.75, 3.05) is 46.4 Å². The summed E-state index contributed by atoms with van der Waals surface area (Å²) in [5.74, 6) is 1.46. The van der Waals surface area contributed by atoms with E-state index in [2.05, 4.69) is 5.32 Å². The molecular formula is C23H28N2O6. The highest BCUT2D eigenvalue weighted by Gasteiger charge is 2.35. The van der Waals surface area contributed by atoms with Crippen molar-refractivity contribution in [2.45, 2.75) is 12.8 Å². The molecule has 1 saturated heterocycles. The summed E-state index contributed by atoms with van der Waals surface area (Å²) in [5, 5.41) is 2.94. The fraction of sp³-hybridized carbons (Fsp3) is 0.391. The van der Waals surface area contributed by atoms with Crippen LogP contribution in [-0.2, 0) is 16.0 Å². The third-order valence-electron chi connectivity index (χ3n) is 5.34. The van der Waals surface area contributed by atoms with Crippen molar-refractivity contribution in [3.63, 3.8) is 0 Å². The molecule has 0 aromatic heterocycles. The molecule has 166 valence electrons. The van der Waals surface area contributed by atoms with Crippen molar-refractivity contribution in [2.24, 2.45) is 5.92 Å². The SMILES string of the molecule is COc1ccccc1CCNC(=O)C1CC(=O)N(c2cc(OC)c(OC)c(OC)c2)C1. The number of ether oxygens (including phenoxy) is 4. The predicted octanol–water partition coefficient (Wildman–Crippen LogP) is 2.43. The van der Waals surface area contributed by atoms with Gasteiger partial charge in [0.25, 0.3) is 0 Å². The van der Waals surface area contributed by atoms with Crippen LogP contribution in [0.4, 0.5) is 5.69 Å². The van der Waals surface area contributed by atoms with Gasteiger partial charge in [0, 0.05) is 31.6 Å². The van der Waals surface area contributed by atoms with E-state index in [4.69, 9.17) is 18.9 Å². The molecule has 2 aromatic rings. The quantitative estimate of drug-likeness (QED) is 0.660. The fourth-order valence-corrected chi connectivity index (χ4v) is 3.73. The summed E-state index contributed by atoms with van der Waals surface area (Å²) < 4.78 is 21.4. The molecule has 1 aliphatic rings. The van der Waals surface area contributed by atoms with Gasteiger partial charge in [0.15, 0.2) is 11.5 Å². The standard InChI is InChI=1S/C23H28N2O6/c1-28-18-8-6-5-7-15(18)9-10-24-23(27)16-11-21(26)25(14-16)17-12-19(29-2)22(31-4)20(13-17)30-3/h5-8,12-13,16H,9-11,14H2,1-4H3,(H,24,27). The highest BCUT2D eigenvalue weighted by Crippen LogP contribution is 2.42. The topological polar surface area (TPSA) is 86.3 Å². The number of hydrogen-bond acceptors (Lipinski definition) is 6. The summed E-state index contributed by atoms with van der Waals surface area (Å²) in [5.41, 5.74) is 1.62. The number of para-hydroxylation sites is 1. The molecule has 31 heavy (non-hydrogen) atoms. The monoisotopic (exact) mass is 428 g/mol. The van der Waals surface area contributed by atoms with Crippen LogP contribution in [0.2, 0.25) is 0 Å². The molecule has 1 heterocycles. The van der Waals surface area contributed by atoms with Gasteiger partial charge in [-0.2, -0.15) is 0 Å². The number of methoxy groups -OCH3 is 4. The van der Waals surface area contributed by atoms with Gasteiger partial charge in [0.1, 0.15) is 5.75 Å². The Morgan fingerprint density at radius 1 is 1.00 bits per heavy atom. The first-order valence-corrected chi connectivity index (χ1v) is 10.0. The van der Waals surface area contributed by atoms with Crippen molar-refractivity contribution < 1.29 is 28.5 Å². The zero-order valence-electron chi connectivity index (χ0n) is 18.3. The smallest absolute Gasteiger partial charge is 0.227 e. The molecule has 8 nitrogen and oxygen atoms in total. The van der Waals surface area contributed by atoms with Crippen molar-refractivity contribution in [3.05, 3.63) is 42.0 Å². The predicted molar refractivity (Wildman–Crippen MR) is 116 cm³/mol. The number of carbonyl (C=O) groups is 2. The first-order valence-electron chi connectivity index (χ1n) is 10.0. The minimum atomic E-state index is -0.427.